The minimum Gasteiger partial charge on any atom is -0.324 e. The second-order valence-electron chi connectivity index (χ2n) is 6.08. The second kappa shape index (κ2) is 4.67. The molecule has 0 atom stereocenters. The van der Waals surface area contributed by atoms with E-state index in [9.17, 15) is 0 Å². The number of rotatable bonds is 1. The summed E-state index contributed by atoms with van der Waals surface area (Å²) in [7, 11) is 0. The first-order valence-electron chi connectivity index (χ1n) is 7.42. The van der Waals surface area contributed by atoms with E-state index in [4.69, 9.17) is 16.6 Å². The van der Waals surface area contributed by atoms with Gasteiger partial charge < -0.3 is 4.90 Å². The van der Waals surface area contributed by atoms with Crippen LogP contribution in [0.4, 0.5) is 11.5 Å². The van der Waals surface area contributed by atoms with Crippen molar-refractivity contribution < 1.29 is 0 Å². The van der Waals surface area contributed by atoms with Gasteiger partial charge in [0.15, 0.2) is 0 Å². The minimum atomic E-state index is 0.193. The van der Waals surface area contributed by atoms with Gasteiger partial charge in [-0.15, -0.1) is 0 Å². The summed E-state index contributed by atoms with van der Waals surface area (Å²) in [5.41, 5.74) is 3.70. The summed E-state index contributed by atoms with van der Waals surface area (Å²) < 4.78 is 0. The minimum absolute atomic E-state index is 0.193. The number of pyridine rings is 1. The molecule has 1 saturated carbocycles. The van der Waals surface area contributed by atoms with Crippen LogP contribution in [0.5, 0.6) is 0 Å². The third kappa shape index (κ3) is 2.01. The van der Waals surface area contributed by atoms with Crippen molar-refractivity contribution in [2.75, 3.05) is 11.4 Å². The highest BCUT2D eigenvalue weighted by Gasteiger charge is 2.46. The number of hydrogen-bond acceptors (Lipinski definition) is 4. The molecule has 5 heteroatoms. The van der Waals surface area contributed by atoms with Crippen LogP contribution in [-0.4, -0.2) is 21.5 Å². The van der Waals surface area contributed by atoms with Gasteiger partial charge in [0.25, 0.3) is 0 Å². The van der Waals surface area contributed by atoms with E-state index in [-0.39, 0.29) is 5.41 Å². The molecule has 0 bridgehead atoms. The molecule has 1 spiro atoms. The number of halogens is 1. The Morgan fingerprint density at radius 2 is 1.95 bits per heavy atom. The molecule has 0 N–H and O–H groups in total. The van der Waals surface area contributed by atoms with Crippen LogP contribution in [0.3, 0.4) is 0 Å². The zero-order valence-corrected chi connectivity index (χ0v) is 12.8. The predicted molar refractivity (Wildman–Crippen MR) is 83.2 cm³/mol. The Morgan fingerprint density at radius 1 is 1.14 bits per heavy atom. The molecule has 2 aliphatic rings. The topological polar surface area (TPSA) is 41.9 Å². The maximum absolute atomic E-state index is 5.96. The third-order valence-electron chi connectivity index (χ3n) is 4.72. The van der Waals surface area contributed by atoms with E-state index < -0.39 is 0 Å². The molecular weight excluding hydrogens is 284 g/mol. The molecule has 0 saturated heterocycles. The SMILES string of the molecule is Cc1ccc2c(n1)C1(CCCC1)CN2c1ccnc(Cl)n1. The molecule has 1 aliphatic carbocycles. The number of nitrogens with zero attached hydrogens (tertiary/aromatic N) is 4. The van der Waals surface area contributed by atoms with Crippen LogP contribution in [0.1, 0.15) is 37.1 Å². The second-order valence-corrected chi connectivity index (χ2v) is 6.42. The maximum Gasteiger partial charge on any atom is 0.224 e. The normalized spacial score (nSPS) is 19.2. The van der Waals surface area contributed by atoms with Crippen molar-refractivity contribution in [3.05, 3.63) is 41.1 Å². The van der Waals surface area contributed by atoms with Crippen molar-refractivity contribution in [3.63, 3.8) is 0 Å². The molecule has 0 amide bonds. The first kappa shape index (κ1) is 13.0. The lowest BCUT2D eigenvalue weighted by Crippen LogP contribution is -2.29. The van der Waals surface area contributed by atoms with E-state index in [1.54, 1.807) is 6.20 Å². The molecule has 0 radical (unpaired) electrons. The van der Waals surface area contributed by atoms with Crippen molar-refractivity contribution in [3.8, 4) is 0 Å². The van der Waals surface area contributed by atoms with Crippen LogP contribution in [0.2, 0.25) is 5.28 Å². The molecule has 0 unspecified atom stereocenters. The Bertz CT molecular complexity index is 694. The smallest absolute Gasteiger partial charge is 0.224 e. The maximum atomic E-state index is 5.96. The summed E-state index contributed by atoms with van der Waals surface area (Å²) in [5.74, 6) is 0.866. The predicted octanol–water partition coefficient (Wildman–Crippen LogP) is 3.80. The van der Waals surface area contributed by atoms with Crippen LogP contribution in [-0.2, 0) is 5.41 Å². The fourth-order valence-electron chi connectivity index (χ4n) is 3.75. The first-order valence-corrected chi connectivity index (χ1v) is 7.80. The third-order valence-corrected chi connectivity index (χ3v) is 4.90. The fourth-order valence-corrected chi connectivity index (χ4v) is 3.89. The lowest BCUT2D eigenvalue weighted by molar-refractivity contribution is 0.464. The van der Waals surface area contributed by atoms with Gasteiger partial charge in [0.05, 0.1) is 11.4 Å². The highest BCUT2D eigenvalue weighted by molar-refractivity contribution is 6.28. The van der Waals surface area contributed by atoms with Gasteiger partial charge in [-0.25, -0.2) is 9.97 Å². The zero-order valence-electron chi connectivity index (χ0n) is 12.0. The lowest BCUT2D eigenvalue weighted by Gasteiger charge is -2.24. The molecule has 2 aromatic rings. The summed E-state index contributed by atoms with van der Waals surface area (Å²) in [6.45, 7) is 3.01. The zero-order chi connectivity index (χ0) is 14.4. The summed E-state index contributed by atoms with van der Waals surface area (Å²) in [4.78, 5) is 15.5. The van der Waals surface area contributed by atoms with E-state index in [0.29, 0.717) is 5.28 Å². The van der Waals surface area contributed by atoms with Gasteiger partial charge in [-0.3, -0.25) is 4.98 Å². The Balaban J connectivity index is 1.85. The molecule has 21 heavy (non-hydrogen) atoms. The van der Waals surface area contributed by atoms with Crippen molar-refractivity contribution in [2.24, 2.45) is 0 Å². The van der Waals surface area contributed by atoms with Crippen LogP contribution < -0.4 is 4.90 Å². The van der Waals surface area contributed by atoms with Gasteiger partial charge >= 0.3 is 0 Å². The van der Waals surface area contributed by atoms with Crippen molar-refractivity contribution >= 4 is 23.1 Å². The van der Waals surface area contributed by atoms with Crippen LogP contribution in [0.15, 0.2) is 24.4 Å². The molecule has 1 fully saturated rings. The number of hydrogen-bond donors (Lipinski definition) is 0. The Morgan fingerprint density at radius 3 is 2.71 bits per heavy atom. The molecule has 108 valence electrons. The number of fused-ring (bicyclic) bond motifs is 2. The van der Waals surface area contributed by atoms with Gasteiger partial charge in [0.1, 0.15) is 5.82 Å². The van der Waals surface area contributed by atoms with Gasteiger partial charge in [0, 0.05) is 23.9 Å². The van der Waals surface area contributed by atoms with E-state index in [2.05, 4.69) is 33.9 Å². The summed E-state index contributed by atoms with van der Waals surface area (Å²) in [6, 6.07) is 6.16. The standard InChI is InChI=1S/C16H17ClN4/c1-11-4-5-12-14(19-11)16(7-2-3-8-16)10-21(12)13-6-9-18-15(17)20-13/h4-6,9H,2-3,7-8,10H2,1H3. The monoisotopic (exact) mass is 300 g/mol. The quantitative estimate of drug-likeness (QED) is 0.751. The molecule has 3 heterocycles. The van der Waals surface area contributed by atoms with Crippen molar-refractivity contribution in [1.29, 1.82) is 0 Å². The molecular formula is C16H17ClN4. The van der Waals surface area contributed by atoms with Gasteiger partial charge in [0.2, 0.25) is 5.28 Å². The van der Waals surface area contributed by atoms with Gasteiger partial charge in [-0.2, -0.15) is 0 Å². The van der Waals surface area contributed by atoms with Gasteiger partial charge in [-0.05, 0) is 49.6 Å². The Labute approximate surface area is 129 Å². The summed E-state index contributed by atoms with van der Waals surface area (Å²) in [6.07, 6.45) is 6.71. The summed E-state index contributed by atoms with van der Waals surface area (Å²) >= 11 is 5.96. The van der Waals surface area contributed by atoms with E-state index in [1.165, 1.54) is 37.1 Å². The van der Waals surface area contributed by atoms with Crippen LogP contribution in [0.25, 0.3) is 0 Å². The van der Waals surface area contributed by atoms with Gasteiger partial charge in [-0.1, -0.05) is 12.8 Å². The molecule has 1 aliphatic heterocycles. The van der Waals surface area contributed by atoms with E-state index >= 15 is 0 Å². The van der Waals surface area contributed by atoms with Crippen LogP contribution in [0, 0.1) is 6.92 Å². The average molecular weight is 301 g/mol. The van der Waals surface area contributed by atoms with Crippen LogP contribution >= 0.6 is 11.6 Å². The number of aryl methyl sites for hydroxylation is 1. The fraction of sp³-hybridized carbons (Fsp3) is 0.438. The van der Waals surface area contributed by atoms with E-state index in [1.807, 2.05) is 6.07 Å². The molecule has 2 aromatic heterocycles. The van der Waals surface area contributed by atoms with Crippen molar-refractivity contribution in [2.45, 2.75) is 38.0 Å². The molecule has 4 rings (SSSR count). The molecule has 4 nitrogen and oxygen atoms in total. The Kier molecular flexibility index (Phi) is 2.89. The first-order chi connectivity index (χ1) is 10.2. The average Bonchev–Trinajstić information content (AvgIpc) is 3.06. The highest BCUT2D eigenvalue weighted by Crippen LogP contribution is 2.51. The number of anilines is 2. The highest BCUT2D eigenvalue weighted by atomic mass is 35.5. The molecule has 0 aromatic carbocycles. The Hall–Kier alpha value is -1.68. The largest absolute Gasteiger partial charge is 0.324 e. The van der Waals surface area contributed by atoms with E-state index in [0.717, 1.165) is 18.1 Å². The summed E-state index contributed by atoms with van der Waals surface area (Å²) in [5, 5.41) is 0.293. The van der Waals surface area contributed by atoms with Crippen molar-refractivity contribution in [1.82, 2.24) is 15.0 Å². The lowest BCUT2D eigenvalue weighted by atomic mass is 9.84. The number of aromatic nitrogens is 3.